The summed E-state index contributed by atoms with van der Waals surface area (Å²) in [6.07, 6.45) is 5.66. The van der Waals surface area contributed by atoms with Crippen LogP contribution >= 0.6 is 0 Å². The molecule has 3 nitrogen and oxygen atoms in total. The van der Waals surface area contributed by atoms with E-state index in [1.54, 1.807) is 6.26 Å². The number of nitrogens with zero attached hydrogens (tertiary/aromatic N) is 1. The van der Waals surface area contributed by atoms with Crippen LogP contribution in [0, 0.1) is 0 Å². The van der Waals surface area contributed by atoms with Crippen molar-refractivity contribution in [2.45, 2.75) is 39.7 Å². The normalized spacial score (nSPS) is 11.2. The Kier molecular flexibility index (Phi) is 7.76. The first-order valence-electron chi connectivity index (χ1n) is 6.82. The molecule has 0 radical (unpaired) electrons. The summed E-state index contributed by atoms with van der Waals surface area (Å²) >= 11 is 0. The minimum Gasteiger partial charge on any atom is -0.468 e. The van der Waals surface area contributed by atoms with E-state index in [4.69, 9.17) is 4.42 Å². The molecule has 1 aromatic heterocycles. The zero-order chi connectivity index (χ0) is 12.3. The highest BCUT2D eigenvalue weighted by molar-refractivity contribution is 4.97. The molecule has 98 valence electrons. The van der Waals surface area contributed by atoms with E-state index in [1.165, 1.54) is 19.3 Å². The Bertz CT molecular complexity index is 259. The maximum absolute atomic E-state index is 5.36. The minimum absolute atomic E-state index is 0.917. The number of hydrogen-bond acceptors (Lipinski definition) is 3. The number of unbranched alkanes of at least 4 members (excludes halogenated alkanes) is 2. The second-order valence-corrected chi connectivity index (χ2v) is 4.41. The van der Waals surface area contributed by atoms with E-state index in [0.29, 0.717) is 0 Å². The highest BCUT2D eigenvalue weighted by Crippen LogP contribution is 2.04. The van der Waals surface area contributed by atoms with Crippen LogP contribution in [0.4, 0.5) is 0 Å². The molecule has 0 saturated carbocycles. The number of likely N-dealkylation sites (N-methyl/N-ethyl adjacent to an activating group) is 1. The van der Waals surface area contributed by atoms with Crippen LogP contribution in [0.15, 0.2) is 22.8 Å². The molecule has 0 aliphatic heterocycles. The number of hydrogen-bond donors (Lipinski definition) is 1. The predicted octanol–water partition coefficient (Wildman–Crippen LogP) is 2.88. The van der Waals surface area contributed by atoms with Crippen molar-refractivity contribution >= 4 is 0 Å². The molecule has 0 amide bonds. The van der Waals surface area contributed by atoms with Gasteiger partial charge in [0.2, 0.25) is 0 Å². The van der Waals surface area contributed by atoms with Crippen molar-refractivity contribution in [2.75, 3.05) is 26.2 Å². The first-order chi connectivity index (χ1) is 8.36. The Balaban J connectivity index is 2.06. The van der Waals surface area contributed by atoms with Crippen LogP contribution in [0.25, 0.3) is 0 Å². The van der Waals surface area contributed by atoms with E-state index >= 15 is 0 Å². The van der Waals surface area contributed by atoms with E-state index in [2.05, 4.69) is 24.1 Å². The summed E-state index contributed by atoms with van der Waals surface area (Å²) in [5.41, 5.74) is 0. The van der Waals surface area contributed by atoms with Crippen molar-refractivity contribution in [3.63, 3.8) is 0 Å². The fraction of sp³-hybridized carbons (Fsp3) is 0.714. The molecule has 1 heterocycles. The molecule has 0 bridgehead atoms. The standard InChI is InChI=1S/C14H26N2O/c1-3-5-6-9-15-10-11-16(4-2)13-14-8-7-12-17-14/h7-8,12,15H,3-6,9-11,13H2,1-2H3. The SMILES string of the molecule is CCCCCNCCN(CC)Cc1ccco1. The average Bonchev–Trinajstić information content (AvgIpc) is 2.85. The third-order valence-electron chi connectivity index (χ3n) is 2.97. The quantitative estimate of drug-likeness (QED) is 0.635. The lowest BCUT2D eigenvalue weighted by Crippen LogP contribution is -2.32. The van der Waals surface area contributed by atoms with Crippen molar-refractivity contribution in [3.05, 3.63) is 24.2 Å². The molecule has 0 unspecified atom stereocenters. The molecule has 1 aromatic rings. The summed E-state index contributed by atoms with van der Waals surface area (Å²) < 4.78 is 5.36. The van der Waals surface area contributed by atoms with Crippen LogP contribution in [-0.2, 0) is 6.54 Å². The molecule has 0 spiro atoms. The van der Waals surface area contributed by atoms with Gasteiger partial charge in [0.15, 0.2) is 0 Å². The maximum atomic E-state index is 5.36. The van der Waals surface area contributed by atoms with Gasteiger partial charge in [-0.3, -0.25) is 4.90 Å². The molecule has 1 N–H and O–H groups in total. The zero-order valence-corrected chi connectivity index (χ0v) is 11.2. The van der Waals surface area contributed by atoms with Gasteiger partial charge in [-0.1, -0.05) is 26.7 Å². The van der Waals surface area contributed by atoms with Gasteiger partial charge in [0.25, 0.3) is 0 Å². The summed E-state index contributed by atoms with van der Waals surface area (Å²) in [5.74, 6) is 1.05. The predicted molar refractivity (Wildman–Crippen MR) is 72.1 cm³/mol. The third-order valence-corrected chi connectivity index (χ3v) is 2.97. The molecular weight excluding hydrogens is 212 g/mol. The molecule has 0 fully saturated rings. The molecule has 1 rings (SSSR count). The van der Waals surface area contributed by atoms with Gasteiger partial charge in [-0.2, -0.15) is 0 Å². The fourth-order valence-corrected chi connectivity index (χ4v) is 1.83. The zero-order valence-electron chi connectivity index (χ0n) is 11.2. The van der Waals surface area contributed by atoms with E-state index in [0.717, 1.165) is 38.5 Å². The average molecular weight is 238 g/mol. The summed E-state index contributed by atoms with van der Waals surface area (Å²) in [7, 11) is 0. The van der Waals surface area contributed by atoms with Crippen molar-refractivity contribution in [2.24, 2.45) is 0 Å². The Morgan fingerprint density at radius 2 is 2.12 bits per heavy atom. The molecule has 0 atom stereocenters. The van der Waals surface area contributed by atoms with E-state index in [9.17, 15) is 0 Å². The lowest BCUT2D eigenvalue weighted by atomic mass is 10.2. The topological polar surface area (TPSA) is 28.4 Å². The Morgan fingerprint density at radius 3 is 2.76 bits per heavy atom. The monoisotopic (exact) mass is 238 g/mol. The molecular formula is C14H26N2O. The van der Waals surface area contributed by atoms with Crippen LogP contribution in [-0.4, -0.2) is 31.1 Å². The smallest absolute Gasteiger partial charge is 0.117 e. The van der Waals surface area contributed by atoms with E-state index < -0.39 is 0 Å². The van der Waals surface area contributed by atoms with Crippen LogP contribution in [0.1, 0.15) is 38.9 Å². The Labute approximate surface area is 105 Å². The number of furan rings is 1. The van der Waals surface area contributed by atoms with Crippen LogP contribution in [0.2, 0.25) is 0 Å². The lowest BCUT2D eigenvalue weighted by molar-refractivity contribution is 0.255. The van der Waals surface area contributed by atoms with Gasteiger partial charge in [-0.15, -0.1) is 0 Å². The first-order valence-corrected chi connectivity index (χ1v) is 6.82. The molecule has 0 aliphatic carbocycles. The van der Waals surface area contributed by atoms with Crippen molar-refractivity contribution in [1.29, 1.82) is 0 Å². The third kappa shape index (κ3) is 6.49. The van der Waals surface area contributed by atoms with Crippen molar-refractivity contribution in [3.8, 4) is 0 Å². The van der Waals surface area contributed by atoms with Gasteiger partial charge in [-0.25, -0.2) is 0 Å². The lowest BCUT2D eigenvalue weighted by Gasteiger charge is -2.19. The second kappa shape index (κ2) is 9.25. The second-order valence-electron chi connectivity index (χ2n) is 4.41. The van der Waals surface area contributed by atoms with E-state index in [1.807, 2.05) is 12.1 Å². The highest BCUT2D eigenvalue weighted by atomic mass is 16.3. The maximum Gasteiger partial charge on any atom is 0.117 e. The Morgan fingerprint density at radius 1 is 1.24 bits per heavy atom. The van der Waals surface area contributed by atoms with Crippen molar-refractivity contribution < 1.29 is 4.42 Å². The minimum atomic E-state index is 0.917. The number of rotatable bonds is 10. The molecule has 0 saturated heterocycles. The molecule has 17 heavy (non-hydrogen) atoms. The van der Waals surface area contributed by atoms with Crippen LogP contribution in [0.5, 0.6) is 0 Å². The fourth-order valence-electron chi connectivity index (χ4n) is 1.83. The molecule has 0 aromatic carbocycles. The van der Waals surface area contributed by atoms with Crippen LogP contribution < -0.4 is 5.32 Å². The van der Waals surface area contributed by atoms with Gasteiger partial charge in [-0.05, 0) is 31.6 Å². The molecule has 0 aliphatic rings. The summed E-state index contributed by atoms with van der Waals surface area (Å²) in [6, 6.07) is 3.99. The van der Waals surface area contributed by atoms with E-state index in [-0.39, 0.29) is 0 Å². The summed E-state index contributed by atoms with van der Waals surface area (Å²) in [4.78, 5) is 2.39. The number of nitrogens with one attached hydrogen (secondary N) is 1. The van der Waals surface area contributed by atoms with Gasteiger partial charge in [0, 0.05) is 13.1 Å². The van der Waals surface area contributed by atoms with Gasteiger partial charge >= 0.3 is 0 Å². The van der Waals surface area contributed by atoms with Gasteiger partial charge in [0.1, 0.15) is 5.76 Å². The largest absolute Gasteiger partial charge is 0.468 e. The van der Waals surface area contributed by atoms with Crippen molar-refractivity contribution in [1.82, 2.24) is 10.2 Å². The highest BCUT2D eigenvalue weighted by Gasteiger charge is 2.04. The van der Waals surface area contributed by atoms with Gasteiger partial charge < -0.3 is 9.73 Å². The van der Waals surface area contributed by atoms with Crippen LogP contribution in [0.3, 0.4) is 0 Å². The van der Waals surface area contributed by atoms with Gasteiger partial charge in [0.05, 0.1) is 12.8 Å². The summed E-state index contributed by atoms with van der Waals surface area (Å²) in [5, 5.41) is 3.49. The Hall–Kier alpha value is -0.800. The molecule has 3 heteroatoms. The first kappa shape index (κ1) is 14.3. The summed E-state index contributed by atoms with van der Waals surface area (Å²) in [6.45, 7) is 9.72.